The molecule has 0 amide bonds. The zero-order valence-corrected chi connectivity index (χ0v) is 13.5. The fourth-order valence-corrected chi connectivity index (χ4v) is 2.89. The van der Waals surface area contributed by atoms with Crippen molar-refractivity contribution in [3.8, 4) is 0 Å². The van der Waals surface area contributed by atoms with Gasteiger partial charge < -0.3 is 0 Å². The zero-order chi connectivity index (χ0) is 14.7. The molecule has 0 aliphatic rings. The maximum Gasteiger partial charge on any atom is 0.123 e. The van der Waals surface area contributed by atoms with E-state index in [1.807, 2.05) is 0 Å². The van der Waals surface area contributed by atoms with Crippen LogP contribution >= 0.6 is 31.9 Å². The molecule has 3 N–H and O–H groups in total. The molecule has 0 heterocycles. The van der Waals surface area contributed by atoms with Crippen molar-refractivity contribution in [2.24, 2.45) is 5.84 Å². The Bertz CT molecular complexity index is 620. The third kappa shape index (κ3) is 3.63. The average Bonchev–Trinajstić information content (AvgIpc) is 2.42. The van der Waals surface area contributed by atoms with Gasteiger partial charge in [-0.25, -0.2) is 8.78 Å². The SMILES string of the molecule is NNC(Cc1cc(F)ccc1Br)c1cc(F)ccc1Br. The van der Waals surface area contributed by atoms with Crippen molar-refractivity contribution in [1.29, 1.82) is 0 Å². The molecule has 0 radical (unpaired) electrons. The summed E-state index contributed by atoms with van der Waals surface area (Å²) in [5.41, 5.74) is 4.08. The van der Waals surface area contributed by atoms with Crippen LogP contribution in [0, 0.1) is 11.6 Å². The minimum Gasteiger partial charge on any atom is -0.271 e. The van der Waals surface area contributed by atoms with Gasteiger partial charge in [-0.05, 0) is 53.9 Å². The lowest BCUT2D eigenvalue weighted by Gasteiger charge is -2.19. The molecule has 0 aliphatic heterocycles. The highest BCUT2D eigenvalue weighted by Crippen LogP contribution is 2.29. The minimum atomic E-state index is -0.346. The van der Waals surface area contributed by atoms with Crippen molar-refractivity contribution < 1.29 is 8.78 Å². The number of nitrogens with one attached hydrogen (secondary N) is 1. The first-order valence-electron chi connectivity index (χ1n) is 5.86. The van der Waals surface area contributed by atoms with Gasteiger partial charge in [0.05, 0.1) is 6.04 Å². The van der Waals surface area contributed by atoms with Crippen LogP contribution in [0.25, 0.3) is 0 Å². The molecule has 0 fully saturated rings. The summed E-state index contributed by atoms with van der Waals surface area (Å²) in [6.45, 7) is 0. The Morgan fingerprint density at radius 3 is 2.25 bits per heavy atom. The van der Waals surface area contributed by atoms with E-state index in [-0.39, 0.29) is 17.7 Å². The summed E-state index contributed by atoms with van der Waals surface area (Å²) in [7, 11) is 0. The summed E-state index contributed by atoms with van der Waals surface area (Å²) in [5, 5.41) is 0. The Hall–Kier alpha value is -0.820. The van der Waals surface area contributed by atoms with E-state index in [1.165, 1.54) is 24.3 Å². The van der Waals surface area contributed by atoms with Gasteiger partial charge in [0.15, 0.2) is 0 Å². The van der Waals surface area contributed by atoms with Gasteiger partial charge in [0.2, 0.25) is 0 Å². The molecule has 20 heavy (non-hydrogen) atoms. The molecular formula is C14H12Br2F2N2. The van der Waals surface area contributed by atoms with Crippen molar-refractivity contribution in [2.45, 2.75) is 12.5 Å². The van der Waals surface area contributed by atoms with Crippen LogP contribution in [-0.2, 0) is 6.42 Å². The Labute approximate surface area is 132 Å². The molecular weight excluding hydrogens is 394 g/mol. The second kappa shape index (κ2) is 6.76. The largest absolute Gasteiger partial charge is 0.271 e. The molecule has 2 aromatic carbocycles. The molecule has 0 saturated heterocycles. The summed E-state index contributed by atoms with van der Waals surface area (Å²) in [6.07, 6.45) is 0.427. The van der Waals surface area contributed by atoms with E-state index in [0.29, 0.717) is 12.0 Å². The summed E-state index contributed by atoms with van der Waals surface area (Å²) >= 11 is 6.74. The van der Waals surface area contributed by atoms with Gasteiger partial charge in [0, 0.05) is 8.95 Å². The highest BCUT2D eigenvalue weighted by atomic mass is 79.9. The van der Waals surface area contributed by atoms with E-state index < -0.39 is 0 Å². The topological polar surface area (TPSA) is 38.0 Å². The molecule has 0 bridgehead atoms. The number of nitrogens with two attached hydrogens (primary N) is 1. The number of hydrogen-bond acceptors (Lipinski definition) is 2. The van der Waals surface area contributed by atoms with Gasteiger partial charge in [-0.15, -0.1) is 0 Å². The summed E-state index contributed by atoms with van der Waals surface area (Å²) in [6, 6.07) is 8.49. The lowest BCUT2D eigenvalue weighted by Crippen LogP contribution is -2.30. The molecule has 2 rings (SSSR count). The Kier molecular flexibility index (Phi) is 5.26. The molecule has 2 nitrogen and oxygen atoms in total. The highest BCUT2D eigenvalue weighted by Gasteiger charge is 2.16. The van der Waals surface area contributed by atoms with Gasteiger partial charge in [0.25, 0.3) is 0 Å². The van der Waals surface area contributed by atoms with Crippen molar-refractivity contribution in [1.82, 2.24) is 5.43 Å². The first-order chi connectivity index (χ1) is 9.51. The molecule has 6 heteroatoms. The number of hydrogen-bond donors (Lipinski definition) is 2. The number of hydrazine groups is 1. The molecule has 2 aromatic rings. The lowest BCUT2D eigenvalue weighted by atomic mass is 9.99. The van der Waals surface area contributed by atoms with Crippen molar-refractivity contribution in [2.75, 3.05) is 0 Å². The van der Waals surface area contributed by atoms with Crippen molar-refractivity contribution >= 4 is 31.9 Å². The highest BCUT2D eigenvalue weighted by molar-refractivity contribution is 9.10. The standard InChI is InChI=1S/C14H12Br2F2N2/c15-12-3-1-9(17)5-8(12)6-14(20-19)11-7-10(18)2-4-13(11)16/h1-5,7,14,20H,6,19H2. The van der Waals surface area contributed by atoms with Crippen LogP contribution in [0.2, 0.25) is 0 Å². The van der Waals surface area contributed by atoms with Gasteiger partial charge in [-0.1, -0.05) is 31.9 Å². The smallest absolute Gasteiger partial charge is 0.123 e. The van der Waals surface area contributed by atoms with Gasteiger partial charge >= 0.3 is 0 Å². The maximum absolute atomic E-state index is 13.4. The Morgan fingerprint density at radius 1 is 1.00 bits per heavy atom. The second-order valence-corrected chi connectivity index (χ2v) is 6.03. The van der Waals surface area contributed by atoms with Crippen LogP contribution in [-0.4, -0.2) is 0 Å². The molecule has 0 aromatic heterocycles. The Morgan fingerprint density at radius 2 is 1.60 bits per heavy atom. The third-order valence-corrected chi connectivity index (χ3v) is 4.46. The third-order valence-electron chi connectivity index (χ3n) is 2.97. The van der Waals surface area contributed by atoms with E-state index in [9.17, 15) is 8.78 Å². The van der Waals surface area contributed by atoms with Crippen LogP contribution in [0.4, 0.5) is 8.78 Å². The summed E-state index contributed by atoms with van der Waals surface area (Å²) < 4.78 is 28.2. The van der Waals surface area contributed by atoms with Crippen molar-refractivity contribution in [3.63, 3.8) is 0 Å². The fraction of sp³-hybridized carbons (Fsp3) is 0.143. The second-order valence-electron chi connectivity index (χ2n) is 4.32. The van der Waals surface area contributed by atoms with Gasteiger partial charge in [-0.2, -0.15) is 0 Å². The van der Waals surface area contributed by atoms with Gasteiger partial charge in [0.1, 0.15) is 11.6 Å². The lowest BCUT2D eigenvalue weighted by molar-refractivity contribution is 0.539. The van der Waals surface area contributed by atoms with E-state index in [4.69, 9.17) is 5.84 Å². The number of benzene rings is 2. The molecule has 1 atom stereocenters. The van der Waals surface area contributed by atoms with Crippen LogP contribution < -0.4 is 11.3 Å². The van der Waals surface area contributed by atoms with Crippen LogP contribution in [0.15, 0.2) is 45.3 Å². The fourth-order valence-electron chi connectivity index (χ4n) is 1.96. The monoisotopic (exact) mass is 404 g/mol. The Balaban J connectivity index is 2.33. The molecule has 0 saturated carbocycles. The first kappa shape index (κ1) is 15.6. The van der Waals surface area contributed by atoms with Crippen molar-refractivity contribution in [3.05, 3.63) is 68.1 Å². The number of halogens is 4. The number of rotatable bonds is 4. The zero-order valence-electron chi connectivity index (χ0n) is 10.3. The normalized spacial score (nSPS) is 12.4. The van der Waals surface area contributed by atoms with Gasteiger partial charge in [-0.3, -0.25) is 11.3 Å². The van der Waals surface area contributed by atoms with Crippen LogP contribution in [0.1, 0.15) is 17.2 Å². The van der Waals surface area contributed by atoms with Crippen LogP contribution in [0.5, 0.6) is 0 Å². The maximum atomic E-state index is 13.4. The van der Waals surface area contributed by atoms with E-state index in [0.717, 1.165) is 14.5 Å². The minimum absolute atomic E-state index is 0.322. The molecule has 106 valence electrons. The predicted molar refractivity (Wildman–Crippen MR) is 82.0 cm³/mol. The van der Waals surface area contributed by atoms with E-state index in [1.54, 1.807) is 12.1 Å². The first-order valence-corrected chi connectivity index (χ1v) is 7.45. The average molecular weight is 406 g/mol. The summed E-state index contributed by atoms with van der Waals surface area (Å²) in [5.74, 6) is 4.89. The summed E-state index contributed by atoms with van der Waals surface area (Å²) in [4.78, 5) is 0. The molecule has 0 aliphatic carbocycles. The quantitative estimate of drug-likeness (QED) is 0.589. The van der Waals surface area contributed by atoms with E-state index in [2.05, 4.69) is 37.3 Å². The van der Waals surface area contributed by atoms with Crippen LogP contribution in [0.3, 0.4) is 0 Å². The predicted octanol–water partition coefficient (Wildman–Crippen LogP) is 4.24. The molecule has 0 spiro atoms. The van der Waals surface area contributed by atoms with E-state index >= 15 is 0 Å². The molecule has 1 unspecified atom stereocenters.